The molecular weight excluding hydrogens is 360 g/mol. The molecule has 162 valence electrons. The molecule has 3 fully saturated rings. The van der Waals surface area contributed by atoms with Crippen molar-refractivity contribution in [1.82, 2.24) is 9.88 Å². The number of allylic oxidation sites excluding steroid dienone is 1. The Morgan fingerprint density at radius 1 is 1.17 bits per heavy atom. The first kappa shape index (κ1) is 21.0. The highest BCUT2D eigenvalue weighted by molar-refractivity contribution is 5.35. The molecule has 4 unspecified atom stereocenters. The smallest absolute Gasteiger partial charge is 0.0736 e. The number of rotatable bonds is 5. The van der Waals surface area contributed by atoms with Gasteiger partial charge in [-0.1, -0.05) is 46.1 Å². The normalized spacial score (nSPS) is 37.6. The molecule has 2 aliphatic carbocycles. The van der Waals surface area contributed by atoms with Crippen molar-refractivity contribution in [3.8, 4) is 0 Å². The first-order valence-corrected chi connectivity index (χ1v) is 11.8. The van der Waals surface area contributed by atoms with Crippen LogP contribution in [-0.4, -0.2) is 44.9 Å². The molecule has 2 saturated carbocycles. The molecule has 1 aromatic rings. The van der Waals surface area contributed by atoms with E-state index in [1.807, 2.05) is 6.92 Å². The summed E-state index contributed by atoms with van der Waals surface area (Å²) in [7, 11) is 0. The molecule has 1 aromatic heterocycles. The van der Waals surface area contributed by atoms with Crippen LogP contribution in [0.15, 0.2) is 17.8 Å². The van der Waals surface area contributed by atoms with Crippen LogP contribution in [0.2, 0.25) is 0 Å². The Hall–Kier alpha value is -1.26. The summed E-state index contributed by atoms with van der Waals surface area (Å²) >= 11 is 0. The molecule has 2 heterocycles. The quantitative estimate of drug-likeness (QED) is 0.674. The average Bonchev–Trinajstić information content (AvgIpc) is 3.11. The Bertz CT molecular complexity index is 755. The average molecular weight is 401 g/mol. The van der Waals surface area contributed by atoms with Crippen molar-refractivity contribution in [2.45, 2.75) is 97.3 Å². The minimum absolute atomic E-state index is 0.113. The zero-order valence-electron chi connectivity index (χ0n) is 18.9. The molecule has 0 spiro atoms. The van der Waals surface area contributed by atoms with Gasteiger partial charge in [-0.25, -0.2) is 0 Å². The lowest BCUT2D eigenvalue weighted by Gasteiger charge is -2.46. The Balaban J connectivity index is 1.62. The molecule has 3 N–H and O–H groups in total. The maximum absolute atomic E-state index is 11.0. The number of unbranched alkanes of at least 4 members (excludes halogenated alkanes) is 1. The van der Waals surface area contributed by atoms with Crippen molar-refractivity contribution in [2.24, 2.45) is 17.3 Å². The van der Waals surface area contributed by atoms with Gasteiger partial charge in [-0.3, -0.25) is 0 Å². The van der Waals surface area contributed by atoms with Crippen LogP contribution < -0.4 is 0 Å². The first-order chi connectivity index (χ1) is 13.8. The third kappa shape index (κ3) is 3.37. The highest BCUT2D eigenvalue weighted by atomic mass is 16.3. The second kappa shape index (κ2) is 7.77. The van der Waals surface area contributed by atoms with E-state index in [9.17, 15) is 10.2 Å². The van der Waals surface area contributed by atoms with Gasteiger partial charge < -0.3 is 20.1 Å². The molecule has 29 heavy (non-hydrogen) atoms. The first-order valence-electron chi connectivity index (χ1n) is 11.8. The number of hydrogen-bond donors (Lipinski definition) is 3. The Morgan fingerprint density at radius 2 is 1.86 bits per heavy atom. The topological polar surface area (TPSA) is 59.5 Å². The van der Waals surface area contributed by atoms with Gasteiger partial charge >= 0.3 is 0 Å². The molecular formula is C25H40N2O2. The Labute approximate surface area is 176 Å². The zero-order valence-corrected chi connectivity index (χ0v) is 18.9. The van der Waals surface area contributed by atoms with Crippen molar-refractivity contribution >= 4 is 0 Å². The van der Waals surface area contributed by atoms with Crippen LogP contribution in [0.3, 0.4) is 0 Å². The van der Waals surface area contributed by atoms with Crippen molar-refractivity contribution in [2.75, 3.05) is 6.54 Å². The van der Waals surface area contributed by atoms with E-state index in [2.05, 4.69) is 49.7 Å². The summed E-state index contributed by atoms with van der Waals surface area (Å²) in [6.07, 6.45) is 8.86. The van der Waals surface area contributed by atoms with Crippen LogP contribution >= 0.6 is 0 Å². The fourth-order valence-electron chi connectivity index (χ4n) is 6.54. The van der Waals surface area contributed by atoms with E-state index in [1.165, 1.54) is 44.2 Å². The zero-order chi connectivity index (χ0) is 20.9. The summed E-state index contributed by atoms with van der Waals surface area (Å²) in [6.45, 7) is 12.2. The SMILES string of the molecule is CCCCN1C(=CC2C(O)C(c3[nH]c(C)cc3C)C2O)C(C)(C)C2CCCCC21. The highest BCUT2D eigenvalue weighted by Crippen LogP contribution is 2.55. The summed E-state index contributed by atoms with van der Waals surface area (Å²) in [5, 5.41) is 22.1. The van der Waals surface area contributed by atoms with Gasteiger partial charge in [-0.05, 0) is 50.7 Å². The number of aryl methyl sites for hydroxylation is 2. The minimum Gasteiger partial charge on any atom is -0.392 e. The number of nitrogens with zero attached hydrogens (tertiary/aromatic N) is 1. The number of aromatic nitrogens is 1. The summed E-state index contributed by atoms with van der Waals surface area (Å²) in [5.74, 6) is 0.306. The van der Waals surface area contributed by atoms with Gasteiger partial charge in [0, 0.05) is 41.0 Å². The van der Waals surface area contributed by atoms with Crippen LogP contribution in [0.1, 0.15) is 82.2 Å². The molecule has 1 aliphatic heterocycles. The second-order valence-electron chi connectivity index (χ2n) is 10.4. The summed E-state index contributed by atoms with van der Waals surface area (Å²) in [6, 6.07) is 2.73. The maximum atomic E-state index is 11.0. The molecule has 0 amide bonds. The van der Waals surface area contributed by atoms with Crippen LogP contribution in [0.25, 0.3) is 0 Å². The summed E-state index contributed by atoms with van der Waals surface area (Å²) in [5.41, 5.74) is 4.71. The molecule has 4 heteroatoms. The van der Waals surface area contributed by atoms with Crippen molar-refractivity contribution < 1.29 is 10.2 Å². The number of hydrogen-bond acceptors (Lipinski definition) is 3. The van der Waals surface area contributed by atoms with Crippen LogP contribution in [0.5, 0.6) is 0 Å². The van der Waals surface area contributed by atoms with Crippen LogP contribution in [-0.2, 0) is 0 Å². The van der Waals surface area contributed by atoms with E-state index >= 15 is 0 Å². The van der Waals surface area contributed by atoms with Gasteiger partial charge in [0.05, 0.1) is 18.1 Å². The number of aliphatic hydroxyl groups is 2. The fourth-order valence-corrected chi connectivity index (χ4v) is 6.54. The number of likely N-dealkylation sites (tertiary alicyclic amines) is 1. The van der Waals surface area contributed by atoms with Gasteiger partial charge in [-0.2, -0.15) is 0 Å². The van der Waals surface area contributed by atoms with E-state index in [4.69, 9.17) is 0 Å². The standard InChI is InChI=1S/C25H40N2O2/c1-6-7-12-27-19-11-9-8-10-18(19)25(4,5)20(27)14-17-23(28)21(24(17)29)22-15(2)13-16(3)26-22/h13-14,17-19,21,23-24,26,28-29H,6-12H2,1-5H3. The monoisotopic (exact) mass is 400 g/mol. The number of H-pyrrole nitrogens is 1. The second-order valence-corrected chi connectivity index (χ2v) is 10.4. The van der Waals surface area contributed by atoms with Crippen LogP contribution in [0.4, 0.5) is 0 Å². The maximum Gasteiger partial charge on any atom is 0.0736 e. The molecule has 0 aromatic carbocycles. The Morgan fingerprint density at radius 3 is 2.48 bits per heavy atom. The number of nitrogens with one attached hydrogen (secondary N) is 1. The van der Waals surface area contributed by atoms with Gasteiger partial charge in [-0.15, -0.1) is 0 Å². The molecule has 4 nitrogen and oxygen atoms in total. The van der Waals surface area contributed by atoms with Gasteiger partial charge in [0.25, 0.3) is 0 Å². The number of fused-ring (bicyclic) bond motifs is 1. The van der Waals surface area contributed by atoms with Crippen molar-refractivity contribution in [3.63, 3.8) is 0 Å². The highest BCUT2D eigenvalue weighted by Gasteiger charge is 2.54. The van der Waals surface area contributed by atoms with E-state index in [-0.39, 0.29) is 17.3 Å². The van der Waals surface area contributed by atoms with Crippen molar-refractivity contribution in [1.29, 1.82) is 0 Å². The van der Waals surface area contributed by atoms with Crippen molar-refractivity contribution in [3.05, 3.63) is 34.8 Å². The minimum atomic E-state index is -0.527. The van der Waals surface area contributed by atoms with Gasteiger partial charge in [0.1, 0.15) is 0 Å². The predicted octanol–water partition coefficient (Wildman–Crippen LogP) is 4.65. The third-order valence-electron chi connectivity index (χ3n) is 8.18. The number of aliphatic hydroxyl groups excluding tert-OH is 2. The fraction of sp³-hybridized carbons (Fsp3) is 0.760. The van der Waals surface area contributed by atoms with E-state index < -0.39 is 12.2 Å². The predicted molar refractivity (Wildman–Crippen MR) is 118 cm³/mol. The third-order valence-corrected chi connectivity index (χ3v) is 8.18. The molecule has 0 bridgehead atoms. The van der Waals surface area contributed by atoms with Crippen LogP contribution in [0, 0.1) is 31.1 Å². The van der Waals surface area contributed by atoms with E-state index in [0.717, 1.165) is 23.5 Å². The molecule has 4 rings (SSSR count). The lowest BCUT2D eigenvalue weighted by molar-refractivity contribution is -0.0966. The number of aromatic amines is 1. The molecule has 3 aliphatic rings. The van der Waals surface area contributed by atoms with Gasteiger partial charge in [0.2, 0.25) is 0 Å². The molecule has 4 atom stereocenters. The largest absolute Gasteiger partial charge is 0.392 e. The van der Waals surface area contributed by atoms with Gasteiger partial charge in [0.15, 0.2) is 0 Å². The summed E-state index contributed by atoms with van der Waals surface area (Å²) in [4.78, 5) is 6.02. The van der Waals surface area contributed by atoms with E-state index in [0.29, 0.717) is 12.0 Å². The Kier molecular flexibility index (Phi) is 5.63. The lowest BCUT2D eigenvalue weighted by atomic mass is 9.65. The van der Waals surface area contributed by atoms with E-state index in [1.54, 1.807) is 0 Å². The molecule has 0 radical (unpaired) electrons. The molecule has 1 saturated heterocycles. The lowest BCUT2D eigenvalue weighted by Crippen LogP contribution is -2.53. The summed E-state index contributed by atoms with van der Waals surface area (Å²) < 4.78 is 0.